The fraction of sp³-hybridized carbons (Fsp3) is 0.600. The van der Waals surface area contributed by atoms with Crippen molar-refractivity contribution >= 4 is 0 Å². The Bertz CT molecular complexity index is 392. The van der Waals surface area contributed by atoms with Crippen molar-refractivity contribution in [3.05, 3.63) is 29.3 Å². The van der Waals surface area contributed by atoms with Crippen LogP contribution in [0.3, 0.4) is 0 Å². The molecule has 2 rings (SSSR count). The largest absolute Gasteiger partial charge is 0.496 e. The molecule has 94 valence electrons. The van der Waals surface area contributed by atoms with Gasteiger partial charge >= 0.3 is 0 Å². The van der Waals surface area contributed by atoms with E-state index in [0.29, 0.717) is 5.92 Å². The molecule has 0 radical (unpaired) electrons. The van der Waals surface area contributed by atoms with Gasteiger partial charge in [0.25, 0.3) is 0 Å². The first kappa shape index (κ1) is 12.4. The van der Waals surface area contributed by atoms with Crippen molar-refractivity contribution in [1.29, 1.82) is 0 Å². The first-order valence-corrected chi connectivity index (χ1v) is 6.55. The second-order valence-electron chi connectivity index (χ2n) is 5.44. The van der Waals surface area contributed by atoms with E-state index in [4.69, 9.17) is 10.5 Å². The first-order valence-electron chi connectivity index (χ1n) is 6.55. The van der Waals surface area contributed by atoms with Crippen LogP contribution in [-0.4, -0.2) is 7.11 Å². The van der Waals surface area contributed by atoms with Crippen LogP contribution in [0.1, 0.15) is 56.6 Å². The number of methoxy groups -OCH3 is 1. The highest BCUT2D eigenvalue weighted by Gasteiger charge is 2.34. The van der Waals surface area contributed by atoms with Crippen molar-refractivity contribution in [2.24, 2.45) is 5.73 Å². The molecule has 0 atom stereocenters. The van der Waals surface area contributed by atoms with Crippen LogP contribution in [0.4, 0.5) is 0 Å². The summed E-state index contributed by atoms with van der Waals surface area (Å²) in [5.41, 5.74) is 9.04. The Kier molecular flexibility index (Phi) is 3.43. The van der Waals surface area contributed by atoms with Crippen LogP contribution in [0, 0.1) is 0 Å². The predicted molar refractivity (Wildman–Crippen MR) is 71.4 cm³/mol. The summed E-state index contributed by atoms with van der Waals surface area (Å²) >= 11 is 0. The minimum atomic E-state index is -0.131. The number of hydrogen-bond acceptors (Lipinski definition) is 2. The average molecular weight is 233 g/mol. The maximum Gasteiger partial charge on any atom is 0.122 e. The lowest BCUT2D eigenvalue weighted by molar-refractivity contribution is 0.398. The van der Waals surface area contributed by atoms with Crippen LogP contribution in [0.15, 0.2) is 18.2 Å². The smallest absolute Gasteiger partial charge is 0.122 e. The molecule has 0 unspecified atom stereocenters. The van der Waals surface area contributed by atoms with Crippen LogP contribution in [0.5, 0.6) is 5.75 Å². The van der Waals surface area contributed by atoms with E-state index < -0.39 is 0 Å². The van der Waals surface area contributed by atoms with Gasteiger partial charge in [-0.05, 0) is 30.4 Å². The molecule has 17 heavy (non-hydrogen) atoms. The normalized spacial score (nSPS) is 18.6. The van der Waals surface area contributed by atoms with Gasteiger partial charge in [-0.1, -0.05) is 38.8 Å². The highest BCUT2D eigenvalue weighted by Crippen LogP contribution is 2.42. The lowest BCUT2D eigenvalue weighted by Gasteiger charge is -2.29. The quantitative estimate of drug-likeness (QED) is 0.866. The van der Waals surface area contributed by atoms with Crippen LogP contribution in [-0.2, 0) is 5.54 Å². The average Bonchev–Trinajstić information content (AvgIpc) is 2.76. The Morgan fingerprint density at radius 3 is 2.41 bits per heavy atom. The number of ether oxygens (including phenoxy) is 1. The highest BCUT2D eigenvalue weighted by atomic mass is 16.5. The SMILES string of the molecule is COc1cccc(C2(N)CCCC2)c1C(C)C. The molecular weight excluding hydrogens is 210 g/mol. The van der Waals surface area contributed by atoms with Gasteiger partial charge in [0, 0.05) is 11.1 Å². The molecule has 0 heterocycles. The molecule has 2 nitrogen and oxygen atoms in total. The Morgan fingerprint density at radius 2 is 1.88 bits per heavy atom. The Balaban J connectivity index is 2.52. The van der Waals surface area contributed by atoms with Crippen molar-refractivity contribution in [2.75, 3.05) is 7.11 Å². The van der Waals surface area contributed by atoms with Crippen LogP contribution in [0.25, 0.3) is 0 Å². The zero-order valence-corrected chi connectivity index (χ0v) is 11.1. The van der Waals surface area contributed by atoms with Gasteiger partial charge in [0.05, 0.1) is 7.11 Å². The van der Waals surface area contributed by atoms with Gasteiger partial charge in [-0.3, -0.25) is 0 Å². The molecule has 0 bridgehead atoms. The van der Waals surface area contributed by atoms with E-state index in [1.54, 1.807) is 7.11 Å². The second kappa shape index (κ2) is 4.69. The van der Waals surface area contributed by atoms with Crippen LogP contribution in [0.2, 0.25) is 0 Å². The van der Waals surface area contributed by atoms with Crippen LogP contribution >= 0.6 is 0 Å². The molecule has 1 aromatic rings. The zero-order valence-electron chi connectivity index (χ0n) is 11.1. The molecule has 0 amide bonds. The molecule has 0 saturated heterocycles. The van der Waals surface area contributed by atoms with Crippen molar-refractivity contribution in [3.63, 3.8) is 0 Å². The topological polar surface area (TPSA) is 35.2 Å². The highest BCUT2D eigenvalue weighted by molar-refractivity contribution is 5.46. The van der Waals surface area contributed by atoms with E-state index >= 15 is 0 Å². The summed E-state index contributed by atoms with van der Waals surface area (Å²) < 4.78 is 5.50. The molecule has 0 spiro atoms. The third kappa shape index (κ3) is 2.19. The van der Waals surface area contributed by atoms with Crippen molar-refractivity contribution in [2.45, 2.75) is 51.0 Å². The fourth-order valence-electron chi connectivity index (χ4n) is 3.03. The molecule has 1 aromatic carbocycles. The monoisotopic (exact) mass is 233 g/mol. The van der Waals surface area contributed by atoms with E-state index in [2.05, 4.69) is 26.0 Å². The standard InChI is InChI=1S/C15H23NO/c1-11(2)14-12(7-6-8-13(14)17-3)15(16)9-4-5-10-15/h6-8,11H,4-5,9-10,16H2,1-3H3. The van der Waals surface area contributed by atoms with E-state index in [1.165, 1.54) is 24.0 Å². The van der Waals surface area contributed by atoms with Gasteiger partial charge in [0.1, 0.15) is 5.75 Å². The Hall–Kier alpha value is -1.02. The summed E-state index contributed by atoms with van der Waals surface area (Å²) in [6, 6.07) is 6.29. The lowest BCUT2D eigenvalue weighted by atomic mass is 9.82. The molecule has 1 fully saturated rings. The van der Waals surface area contributed by atoms with Gasteiger partial charge in [-0.25, -0.2) is 0 Å². The number of hydrogen-bond donors (Lipinski definition) is 1. The van der Waals surface area contributed by atoms with Gasteiger partial charge in [-0.15, -0.1) is 0 Å². The van der Waals surface area contributed by atoms with Crippen molar-refractivity contribution in [3.8, 4) is 5.75 Å². The van der Waals surface area contributed by atoms with Gasteiger partial charge in [0.2, 0.25) is 0 Å². The van der Waals surface area contributed by atoms with Crippen molar-refractivity contribution in [1.82, 2.24) is 0 Å². The minimum absolute atomic E-state index is 0.131. The zero-order chi connectivity index (χ0) is 12.5. The number of benzene rings is 1. The van der Waals surface area contributed by atoms with E-state index in [0.717, 1.165) is 18.6 Å². The van der Waals surface area contributed by atoms with Gasteiger partial charge in [0.15, 0.2) is 0 Å². The van der Waals surface area contributed by atoms with Crippen molar-refractivity contribution < 1.29 is 4.74 Å². The fourth-order valence-corrected chi connectivity index (χ4v) is 3.03. The maximum absolute atomic E-state index is 6.59. The molecule has 2 N–H and O–H groups in total. The summed E-state index contributed by atoms with van der Waals surface area (Å²) in [6.45, 7) is 4.42. The number of nitrogens with two attached hydrogens (primary N) is 1. The van der Waals surface area contributed by atoms with E-state index in [9.17, 15) is 0 Å². The third-order valence-corrected chi connectivity index (χ3v) is 3.90. The van der Waals surface area contributed by atoms with E-state index in [1.807, 2.05) is 6.07 Å². The molecular formula is C15H23NO. The summed E-state index contributed by atoms with van der Waals surface area (Å²) in [5, 5.41) is 0. The molecule has 2 heteroatoms. The van der Waals surface area contributed by atoms with Gasteiger partial charge in [-0.2, -0.15) is 0 Å². The minimum Gasteiger partial charge on any atom is -0.496 e. The molecule has 1 aliphatic carbocycles. The molecule has 1 saturated carbocycles. The molecule has 1 aliphatic rings. The molecule has 0 aliphatic heterocycles. The summed E-state index contributed by atoms with van der Waals surface area (Å²) in [5.74, 6) is 1.43. The summed E-state index contributed by atoms with van der Waals surface area (Å²) in [6.07, 6.45) is 4.68. The van der Waals surface area contributed by atoms with Gasteiger partial charge < -0.3 is 10.5 Å². The second-order valence-corrected chi connectivity index (χ2v) is 5.44. The predicted octanol–water partition coefficient (Wildman–Crippen LogP) is 3.55. The summed E-state index contributed by atoms with van der Waals surface area (Å²) in [7, 11) is 1.74. The van der Waals surface area contributed by atoms with Crippen LogP contribution < -0.4 is 10.5 Å². The number of rotatable bonds is 3. The Morgan fingerprint density at radius 1 is 1.24 bits per heavy atom. The maximum atomic E-state index is 6.59. The van der Waals surface area contributed by atoms with E-state index in [-0.39, 0.29) is 5.54 Å². The lowest BCUT2D eigenvalue weighted by Crippen LogP contribution is -2.34. The molecule has 0 aromatic heterocycles. The Labute approximate surface area is 104 Å². The first-order chi connectivity index (χ1) is 8.08. The summed E-state index contributed by atoms with van der Waals surface area (Å²) in [4.78, 5) is 0. The third-order valence-electron chi connectivity index (χ3n) is 3.90.